The third-order valence-electron chi connectivity index (χ3n) is 2.18. The molecule has 3 heterocycles. The Kier molecular flexibility index (Phi) is 2.45. The molecule has 0 radical (unpaired) electrons. The minimum absolute atomic E-state index is 0.00701. The van der Waals surface area contributed by atoms with Crippen molar-refractivity contribution < 1.29 is 9.66 Å². The number of rotatable bonds is 3. The van der Waals surface area contributed by atoms with Crippen molar-refractivity contribution in [2.24, 2.45) is 0 Å². The summed E-state index contributed by atoms with van der Waals surface area (Å²) in [6.07, 6.45) is 1.31. The molecule has 0 fully saturated rings. The molecule has 0 bridgehead atoms. The number of nitro groups is 1. The predicted octanol–water partition coefficient (Wildman–Crippen LogP) is 0.615. The third-order valence-corrected chi connectivity index (χ3v) is 2.18. The van der Waals surface area contributed by atoms with E-state index in [9.17, 15) is 10.1 Å². The minimum Gasteiger partial charge on any atom is -0.429 e. The largest absolute Gasteiger partial charge is 0.429 e. The smallest absolute Gasteiger partial charge is 0.406 e. The molecule has 0 N–H and O–H groups in total. The molecule has 0 atom stereocenters. The molecule has 10 heteroatoms. The lowest BCUT2D eigenvalue weighted by Gasteiger charge is -2.03. The molecule has 0 unspecified atom stereocenters. The standard InChI is InChI=1S/C9H5N7O3/c17-16(18)9-6(2-1-5-10-9)19-8-4-3-7-11-13-14-15(7)12-8/h1-5H. The van der Waals surface area contributed by atoms with Gasteiger partial charge in [-0.25, -0.2) is 0 Å². The number of nitrogens with zero attached hydrogens (tertiary/aromatic N) is 7. The van der Waals surface area contributed by atoms with Crippen molar-refractivity contribution in [2.75, 3.05) is 0 Å². The molecule has 0 saturated heterocycles. The van der Waals surface area contributed by atoms with E-state index in [1.807, 2.05) is 0 Å². The first kappa shape index (κ1) is 11.0. The summed E-state index contributed by atoms with van der Waals surface area (Å²) in [5.41, 5.74) is 0.438. The number of hydrogen-bond donors (Lipinski definition) is 0. The van der Waals surface area contributed by atoms with Gasteiger partial charge >= 0.3 is 5.82 Å². The SMILES string of the molecule is O=[N+]([O-])c1ncccc1Oc1ccc2nnnn2n1. The van der Waals surface area contributed by atoms with Gasteiger partial charge in [-0.3, -0.25) is 0 Å². The molecule has 3 aromatic rings. The van der Waals surface area contributed by atoms with Crippen molar-refractivity contribution in [2.45, 2.75) is 0 Å². The summed E-state index contributed by atoms with van der Waals surface area (Å²) in [6.45, 7) is 0. The molecule has 0 spiro atoms. The van der Waals surface area contributed by atoms with Gasteiger partial charge < -0.3 is 14.9 Å². The lowest BCUT2D eigenvalue weighted by Crippen LogP contribution is -2.00. The highest BCUT2D eigenvalue weighted by molar-refractivity contribution is 5.42. The van der Waals surface area contributed by atoms with E-state index in [1.54, 1.807) is 6.07 Å². The van der Waals surface area contributed by atoms with Gasteiger partial charge in [0.1, 0.15) is 6.20 Å². The molecule has 0 aromatic carbocycles. The highest BCUT2D eigenvalue weighted by atomic mass is 16.6. The van der Waals surface area contributed by atoms with Gasteiger partial charge in [0.05, 0.1) is 0 Å². The average Bonchev–Trinajstić information content (AvgIpc) is 2.86. The zero-order valence-electron chi connectivity index (χ0n) is 9.24. The zero-order chi connectivity index (χ0) is 13.2. The highest BCUT2D eigenvalue weighted by Crippen LogP contribution is 2.27. The lowest BCUT2D eigenvalue weighted by molar-refractivity contribution is -0.390. The third kappa shape index (κ3) is 2.01. The summed E-state index contributed by atoms with van der Waals surface area (Å²) in [7, 11) is 0. The zero-order valence-corrected chi connectivity index (χ0v) is 9.24. The number of pyridine rings is 1. The topological polar surface area (TPSA) is 121 Å². The van der Waals surface area contributed by atoms with Crippen molar-refractivity contribution in [1.82, 2.24) is 30.2 Å². The van der Waals surface area contributed by atoms with Gasteiger partial charge in [0, 0.05) is 6.07 Å². The Morgan fingerprint density at radius 1 is 1.32 bits per heavy atom. The quantitative estimate of drug-likeness (QED) is 0.495. The molecule has 3 aromatic heterocycles. The fourth-order valence-electron chi connectivity index (χ4n) is 1.40. The van der Waals surface area contributed by atoms with Crippen LogP contribution in [0.1, 0.15) is 0 Å². The van der Waals surface area contributed by atoms with Crippen LogP contribution in [0, 0.1) is 10.1 Å². The molecule has 0 amide bonds. The molecular formula is C9H5N7O3. The van der Waals surface area contributed by atoms with Crippen molar-refractivity contribution in [3.8, 4) is 11.6 Å². The minimum atomic E-state index is -0.634. The van der Waals surface area contributed by atoms with E-state index >= 15 is 0 Å². The van der Waals surface area contributed by atoms with Crippen LogP contribution in [-0.4, -0.2) is 35.2 Å². The number of hydrogen-bond acceptors (Lipinski definition) is 8. The number of ether oxygens (including phenoxy) is 1. The second-order valence-electron chi connectivity index (χ2n) is 3.38. The highest BCUT2D eigenvalue weighted by Gasteiger charge is 2.17. The van der Waals surface area contributed by atoms with E-state index in [4.69, 9.17) is 4.74 Å². The summed E-state index contributed by atoms with van der Waals surface area (Å²) < 4.78 is 6.47. The van der Waals surface area contributed by atoms with Gasteiger partial charge in [-0.1, -0.05) is 0 Å². The van der Waals surface area contributed by atoms with Crippen LogP contribution in [0.2, 0.25) is 0 Å². The van der Waals surface area contributed by atoms with Crippen molar-refractivity contribution in [1.29, 1.82) is 0 Å². The number of fused-ring (bicyclic) bond motifs is 1. The number of tetrazole rings is 1. The monoisotopic (exact) mass is 259 g/mol. The number of aromatic nitrogens is 6. The Hall–Kier alpha value is -3.17. The molecule has 94 valence electrons. The van der Waals surface area contributed by atoms with E-state index in [-0.39, 0.29) is 17.4 Å². The van der Waals surface area contributed by atoms with Crippen molar-refractivity contribution in [3.63, 3.8) is 0 Å². The fourth-order valence-corrected chi connectivity index (χ4v) is 1.40. The Morgan fingerprint density at radius 3 is 3.05 bits per heavy atom. The van der Waals surface area contributed by atoms with Gasteiger partial charge in [0.15, 0.2) is 5.65 Å². The molecule has 0 aliphatic rings. The van der Waals surface area contributed by atoms with Gasteiger partial charge in [-0.05, 0) is 38.5 Å². The van der Waals surface area contributed by atoms with E-state index in [2.05, 4.69) is 25.6 Å². The van der Waals surface area contributed by atoms with Crippen molar-refractivity contribution >= 4 is 11.5 Å². The first-order valence-electron chi connectivity index (χ1n) is 5.07. The normalized spacial score (nSPS) is 10.5. The molecule has 0 aliphatic carbocycles. The van der Waals surface area contributed by atoms with Gasteiger partial charge in [-0.2, -0.15) is 0 Å². The molecule has 0 saturated carbocycles. The molecule has 3 rings (SSSR count). The maximum absolute atomic E-state index is 10.8. The van der Waals surface area contributed by atoms with E-state index in [0.717, 1.165) is 4.63 Å². The van der Waals surface area contributed by atoms with E-state index in [0.29, 0.717) is 5.65 Å². The van der Waals surface area contributed by atoms with Crippen LogP contribution in [0.4, 0.5) is 5.82 Å². The van der Waals surface area contributed by atoms with Gasteiger partial charge in [0.25, 0.3) is 0 Å². The molecular weight excluding hydrogens is 254 g/mol. The van der Waals surface area contributed by atoms with Gasteiger partial charge in [-0.15, -0.1) is 14.8 Å². The summed E-state index contributed by atoms with van der Waals surface area (Å²) in [5.74, 6) is -0.274. The molecule has 0 aliphatic heterocycles. The van der Waals surface area contributed by atoms with Gasteiger partial charge in [0.2, 0.25) is 11.6 Å². The summed E-state index contributed by atoms with van der Waals surface area (Å²) in [5, 5.41) is 25.4. The second-order valence-corrected chi connectivity index (χ2v) is 3.38. The molecule has 19 heavy (non-hydrogen) atoms. The first-order chi connectivity index (χ1) is 9.24. The van der Waals surface area contributed by atoms with Crippen LogP contribution in [0.25, 0.3) is 5.65 Å². The Labute approximate surface area is 104 Å². The Bertz CT molecular complexity index is 756. The molecule has 10 nitrogen and oxygen atoms in total. The predicted molar refractivity (Wildman–Crippen MR) is 59.5 cm³/mol. The Balaban J connectivity index is 1.98. The Morgan fingerprint density at radius 2 is 2.21 bits per heavy atom. The average molecular weight is 259 g/mol. The summed E-state index contributed by atoms with van der Waals surface area (Å²) in [6, 6.07) is 6.03. The van der Waals surface area contributed by atoms with Crippen LogP contribution in [0.5, 0.6) is 11.6 Å². The fraction of sp³-hybridized carbons (Fsp3) is 0. The maximum atomic E-state index is 10.8. The lowest BCUT2D eigenvalue weighted by atomic mass is 10.4. The van der Waals surface area contributed by atoms with E-state index < -0.39 is 4.92 Å². The van der Waals surface area contributed by atoms with Crippen LogP contribution < -0.4 is 4.74 Å². The summed E-state index contributed by atoms with van der Waals surface area (Å²) in [4.78, 5) is 13.8. The summed E-state index contributed by atoms with van der Waals surface area (Å²) >= 11 is 0. The maximum Gasteiger partial charge on any atom is 0.406 e. The van der Waals surface area contributed by atoms with E-state index in [1.165, 1.54) is 24.4 Å². The first-order valence-corrected chi connectivity index (χ1v) is 5.07. The van der Waals surface area contributed by atoms with Crippen LogP contribution in [0.15, 0.2) is 30.5 Å². The second kappa shape index (κ2) is 4.25. The van der Waals surface area contributed by atoms with Crippen LogP contribution >= 0.6 is 0 Å². The van der Waals surface area contributed by atoms with Crippen molar-refractivity contribution in [3.05, 3.63) is 40.6 Å². The van der Waals surface area contributed by atoms with Crippen LogP contribution in [0.3, 0.4) is 0 Å². The van der Waals surface area contributed by atoms with Crippen LogP contribution in [-0.2, 0) is 0 Å².